The van der Waals surface area contributed by atoms with Gasteiger partial charge in [-0.15, -0.1) is 0 Å². The van der Waals surface area contributed by atoms with Crippen LogP contribution in [-0.2, 0) is 6.54 Å². The summed E-state index contributed by atoms with van der Waals surface area (Å²) in [5.74, 6) is 0.917. The van der Waals surface area contributed by atoms with Gasteiger partial charge in [0.1, 0.15) is 5.82 Å². The van der Waals surface area contributed by atoms with Crippen molar-refractivity contribution in [2.45, 2.75) is 6.54 Å². The van der Waals surface area contributed by atoms with Crippen molar-refractivity contribution in [1.82, 2.24) is 19.5 Å². The highest BCUT2D eigenvalue weighted by Gasteiger charge is 2.12. The molecule has 0 aliphatic heterocycles. The van der Waals surface area contributed by atoms with Crippen LogP contribution >= 0.6 is 0 Å². The first-order valence-corrected chi connectivity index (χ1v) is 7.17. The van der Waals surface area contributed by atoms with Gasteiger partial charge in [-0.3, -0.25) is 9.97 Å². The standard InChI is InChI=1S/C18H14N4/c1-2-9-17-16(8-1)21-18(14-6-5-10-19-12-14)22(17)13-15-7-3-4-11-20-15/h1-12H,13H2. The topological polar surface area (TPSA) is 43.6 Å². The van der Waals surface area contributed by atoms with E-state index in [4.69, 9.17) is 4.98 Å². The van der Waals surface area contributed by atoms with E-state index in [1.165, 1.54) is 0 Å². The van der Waals surface area contributed by atoms with Gasteiger partial charge in [0, 0.05) is 24.2 Å². The van der Waals surface area contributed by atoms with Gasteiger partial charge in [-0.2, -0.15) is 0 Å². The van der Waals surface area contributed by atoms with Crippen molar-refractivity contribution in [3.8, 4) is 11.4 Å². The summed E-state index contributed by atoms with van der Waals surface area (Å²) in [4.78, 5) is 13.4. The van der Waals surface area contributed by atoms with E-state index < -0.39 is 0 Å². The van der Waals surface area contributed by atoms with Crippen molar-refractivity contribution in [2.24, 2.45) is 0 Å². The van der Waals surface area contributed by atoms with Crippen molar-refractivity contribution in [3.63, 3.8) is 0 Å². The largest absolute Gasteiger partial charge is 0.318 e. The molecular formula is C18H14N4. The summed E-state index contributed by atoms with van der Waals surface area (Å²) in [5, 5.41) is 0. The lowest BCUT2D eigenvalue weighted by Gasteiger charge is -2.08. The molecule has 0 spiro atoms. The molecule has 3 aromatic heterocycles. The molecule has 0 aliphatic carbocycles. The Hall–Kier alpha value is -3.01. The van der Waals surface area contributed by atoms with E-state index in [1.54, 1.807) is 6.20 Å². The smallest absolute Gasteiger partial charge is 0.143 e. The van der Waals surface area contributed by atoms with Gasteiger partial charge < -0.3 is 4.57 Å². The lowest BCUT2D eigenvalue weighted by Crippen LogP contribution is -2.03. The highest BCUT2D eigenvalue weighted by atomic mass is 15.1. The van der Waals surface area contributed by atoms with Crippen LogP contribution in [0.2, 0.25) is 0 Å². The molecule has 0 aliphatic rings. The molecule has 4 nitrogen and oxygen atoms in total. The average Bonchev–Trinajstić information content (AvgIpc) is 2.95. The minimum absolute atomic E-state index is 0.686. The first-order valence-electron chi connectivity index (χ1n) is 7.17. The van der Waals surface area contributed by atoms with Gasteiger partial charge >= 0.3 is 0 Å². The molecule has 4 aromatic rings. The van der Waals surface area contributed by atoms with Gasteiger partial charge in [0.25, 0.3) is 0 Å². The van der Waals surface area contributed by atoms with Crippen LogP contribution in [0.15, 0.2) is 73.2 Å². The zero-order valence-corrected chi connectivity index (χ0v) is 11.9. The molecule has 4 rings (SSSR count). The molecule has 106 valence electrons. The number of imidazole rings is 1. The summed E-state index contributed by atoms with van der Waals surface area (Å²) in [6.45, 7) is 0.686. The fraction of sp³-hybridized carbons (Fsp3) is 0.0556. The van der Waals surface area contributed by atoms with Crippen LogP contribution in [0.25, 0.3) is 22.4 Å². The van der Waals surface area contributed by atoms with E-state index in [1.807, 2.05) is 60.9 Å². The molecule has 0 saturated carbocycles. The van der Waals surface area contributed by atoms with E-state index in [9.17, 15) is 0 Å². The molecule has 0 N–H and O–H groups in total. The first kappa shape index (κ1) is 12.7. The predicted molar refractivity (Wildman–Crippen MR) is 86.3 cm³/mol. The second kappa shape index (κ2) is 5.41. The van der Waals surface area contributed by atoms with Crippen molar-refractivity contribution in [1.29, 1.82) is 0 Å². The molecule has 0 bridgehead atoms. The Morgan fingerprint density at radius 2 is 1.77 bits per heavy atom. The van der Waals surface area contributed by atoms with Gasteiger partial charge in [-0.05, 0) is 36.4 Å². The second-order valence-corrected chi connectivity index (χ2v) is 5.07. The number of aromatic nitrogens is 4. The number of hydrogen-bond acceptors (Lipinski definition) is 3. The van der Waals surface area contributed by atoms with E-state index >= 15 is 0 Å². The van der Waals surface area contributed by atoms with Gasteiger partial charge in [-0.25, -0.2) is 4.98 Å². The Bertz CT molecular complexity index is 898. The molecule has 22 heavy (non-hydrogen) atoms. The van der Waals surface area contributed by atoms with Crippen LogP contribution in [0.5, 0.6) is 0 Å². The minimum atomic E-state index is 0.686. The Labute approximate surface area is 128 Å². The Kier molecular flexibility index (Phi) is 3.12. The molecule has 0 atom stereocenters. The third-order valence-electron chi connectivity index (χ3n) is 3.62. The van der Waals surface area contributed by atoms with Crippen molar-refractivity contribution in [3.05, 3.63) is 78.9 Å². The van der Waals surface area contributed by atoms with E-state index in [2.05, 4.69) is 20.6 Å². The average molecular weight is 286 g/mol. The third-order valence-corrected chi connectivity index (χ3v) is 3.62. The van der Waals surface area contributed by atoms with Gasteiger partial charge in [0.2, 0.25) is 0 Å². The Balaban J connectivity index is 1.91. The van der Waals surface area contributed by atoms with E-state index in [0.29, 0.717) is 6.54 Å². The molecule has 1 aromatic carbocycles. The van der Waals surface area contributed by atoms with Gasteiger partial charge in [-0.1, -0.05) is 18.2 Å². The van der Waals surface area contributed by atoms with Crippen LogP contribution in [0, 0.1) is 0 Å². The van der Waals surface area contributed by atoms with Crippen LogP contribution in [-0.4, -0.2) is 19.5 Å². The van der Waals surface area contributed by atoms with E-state index in [-0.39, 0.29) is 0 Å². The molecule has 0 unspecified atom stereocenters. The molecule has 4 heteroatoms. The number of hydrogen-bond donors (Lipinski definition) is 0. The number of para-hydroxylation sites is 2. The fourth-order valence-electron chi connectivity index (χ4n) is 2.60. The molecular weight excluding hydrogens is 272 g/mol. The summed E-state index contributed by atoms with van der Waals surface area (Å²) < 4.78 is 2.19. The minimum Gasteiger partial charge on any atom is -0.318 e. The van der Waals surface area contributed by atoms with Gasteiger partial charge in [0.05, 0.1) is 23.3 Å². The quantitative estimate of drug-likeness (QED) is 0.578. The lowest BCUT2D eigenvalue weighted by molar-refractivity contribution is 0.805. The molecule has 0 fully saturated rings. The highest BCUT2D eigenvalue weighted by Crippen LogP contribution is 2.24. The highest BCUT2D eigenvalue weighted by molar-refractivity contribution is 5.80. The summed E-state index contributed by atoms with van der Waals surface area (Å²) in [7, 11) is 0. The predicted octanol–water partition coefficient (Wildman–Crippen LogP) is 3.54. The summed E-state index contributed by atoms with van der Waals surface area (Å²) in [6.07, 6.45) is 5.43. The van der Waals surface area contributed by atoms with Crippen LogP contribution in [0.1, 0.15) is 5.69 Å². The number of benzene rings is 1. The number of pyridine rings is 2. The summed E-state index contributed by atoms with van der Waals surface area (Å²) >= 11 is 0. The fourth-order valence-corrected chi connectivity index (χ4v) is 2.60. The molecule has 0 saturated heterocycles. The lowest BCUT2D eigenvalue weighted by atomic mass is 10.2. The summed E-state index contributed by atoms with van der Waals surface area (Å²) in [6, 6.07) is 18.1. The van der Waals surface area contributed by atoms with E-state index in [0.717, 1.165) is 28.1 Å². The normalized spacial score (nSPS) is 10.9. The Morgan fingerprint density at radius 1 is 0.864 bits per heavy atom. The zero-order chi connectivity index (χ0) is 14.8. The SMILES string of the molecule is c1ccc(Cn2c(-c3cccnc3)nc3ccccc32)nc1. The molecule has 3 heterocycles. The molecule has 0 radical (unpaired) electrons. The maximum Gasteiger partial charge on any atom is 0.143 e. The second-order valence-electron chi connectivity index (χ2n) is 5.07. The first-order chi connectivity index (χ1) is 10.9. The van der Waals surface area contributed by atoms with Crippen LogP contribution < -0.4 is 0 Å². The maximum atomic E-state index is 4.77. The zero-order valence-electron chi connectivity index (χ0n) is 11.9. The number of fused-ring (bicyclic) bond motifs is 1. The Morgan fingerprint density at radius 3 is 2.59 bits per heavy atom. The monoisotopic (exact) mass is 286 g/mol. The number of rotatable bonds is 3. The van der Waals surface area contributed by atoms with Crippen molar-refractivity contribution < 1.29 is 0 Å². The summed E-state index contributed by atoms with van der Waals surface area (Å²) in [5.41, 5.74) is 4.11. The van der Waals surface area contributed by atoms with Crippen molar-refractivity contribution >= 4 is 11.0 Å². The molecule has 0 amide bonds. The van der Waals surface area contributed by atoms with Crippen LogP contribution in [0.3, 0.4) is 0 Å². The number of nitrogens with zero attached hydrogens (tertiary/aromatic N) is 4. The maximum absolute atomic E-state index is 4.77. The van der Waals surface area contributed by atoms with Gasteiger partial charge in [0.15, 0.2) is 0 Å². The van der Waals surface area contributed by atoms with Crippen molar-refractivity contribution in [2.75, 3.05) is 0 Å². The third kappa shape index (κ3) is 2.24. The van der Waals surface area contributed by atoms with Crippen LogP contribution in [0.4, 0.5) is 0 Å².